The SMILES string of the molecule is CN=C(NCCOc1ccccc1C(C)C)NC1CCN(CCOC)CC1.I. The molecule has 0 bridgehead atoms. The highest BCUT2D eigenvalue weighted by molar-refractivity contribution is 14.0. The van der Waals surface area contributed by atoms with Gasteiger partial charge in [-0.15, -0.1) is 24.0 Å². The second-order valence-corrected chi connectivity index (χ2v) is 7.29. The van der Waals surface area contributed by atoms with Crippen LogP contribution in [-0.2, 0) is 4.74 Å². The summed E-state index contributed by atoms with van der Waals surface area (Å²) in [4.78, 5) is 6.80. The first-order chi connectivity index (χ1) is 13.1. The Balaban J connectivity index is 0.00000392. The van der Waals surface area contributed by atoms with Crippen molar-refractivity contribution in [2.75, 3.05) is 53.6 Å². The van der Waals surface area contributed by atoms with E-state index >= 15 is 0 Å². The van der Waals surface area contributed by atoms with E-state index in [1.807, 2.05) is 19.2 Å². The molecule has 1 heterocycles. The van der Waals surface area contributed by atoms with E-state index in [2.05, 4.69) is 46.5 Å². The fraction of sp³-hybridized carbons (Fsp3) is 0.667. The minimum absolute atomic E-state index is 0. The van der Waals surface area contributed by atoms with Crippen LogP contribution in [0.25, 0.3) is 0 Å². The molecule has 1 fully saturated rings. The van der Waals surface area contributed by atoms with Crippen molar-refractivity contribution < 1.29 is 9.47 Å². The molecule has 1 aliphatic rings. The van der Waals surface area contributed by atoms with Crippen LogP contribution < -0.4 is 15.4 Å². The van der Waals surface area contributed by atoms with E-state index in [4.69, 9.17) is 9.47 Å². The first-order valence-corrected chi connectivity index (χ1v) is 10.0. The maximum atomic E-state index is 5.97. The number of methoxy groups -OCH3 is 1. The second-order valence-electron chi connectivity index (χ2n) is 7.29. The molecular weight excluding hydrogens is 467 g/mol. The Morgan fingerprint density at radius 1 is 1.21 bits per heavy atom. The molecule has 1 aromatic carbocycles. The summed E-state index contributed by atoms with van der Waals surface area (Å²) in [7, 11) is 3.58. The lowest BCUT2D eigenvalue weighted by Gasteiger charge is -2.32. The minimum Gasteiger partial charge on any atom is -0.491 e. The molecule has 0 radical (unpaired) electrons. The van der Waals surface area contributed by atoms with Gasteiger partial charge in [0, 0.05) is 39.8 Å². The fourth-order valence-corrected chi connectivity index (χ4v) is 3.33. The smallest absolute Gasteiger partial charge is 0.191 e. The Morgan fingerprint density at radius 2 is 1.93 bits per heavy atom. The number of ether oxygens (including phenoxy) is 2. The average molecular weight is 504 g/mol. The van der Waals surface area contributed by atoms with Gasteiger partial charge in [0.2, 0.25) is 0 Å². The van der Waals surface area contributed by atoms with Crippen LogP contribution in [-0.4, -0.2) is 70.5 Å². The average Bonchev–Trinajstić information content (AvgIpc) is 2.69. The molecule has 0 amide bonds. The van der Waals surface area contributed by atoms with Crippen LogP contribution in [0.1, 0.15) is 38.2 Å². The Kier molecular flexibility index (Phi) is 12.5. The van der Waals surface area contributed by atoms with Gasteiger partial charge in [0.15, 0.2) is 5.96 Å². The number of likely N-dealkylation sites (tertiary alicyclic amines) is 1. The number of benzene rings is 1. The van der Waals surface area contributed by atoms with E-state index in [9.17, 15) is 0 Å². The van der Waals surface area contributed by atoms with Gasteiger partial charge >= 0.3 is 0 Å². The molecule has 0 aliphatic carbocycles. The van der Waals surface area contributed by atoms with Gasteiger partial charge in [0.05, 0.1) is 13.2 Å². The monoisotopic (exact) mass is 504 g/mol. The zero-order chi connectivity index (χ0) is 19.5. The Morgan fingerprint density at radius 3 is 2.57 bits per heavy atom. The predicted octanol–water partition coefficient (Wildman–Crippen LogP) is 3.08. The number of nitrogens with one attached hydrogen (secondary N) is 2. The van der Waals surface area contributed by atoms with Gasteiger partial charge in [-0.2, -0.15) is 0 Å². The van der Waals surface area contributed by atoms with Crippen LogP contribution in [0, 0.1) is 0 Å². The molecule has 0 aromatic heterocycles. The summed E-state index contributed by atoms with van der Waals surface area (Å²) in [6.07, 6.45) is 2.26. The molecule has 1 saturated heterocycles. The Hall–Kier alpha value is -1.06. The summed E-state index contributed by atoms with van der Waals surface area (Å²) in [5.74, 6) is 2.28. The first-order valence-electron chi connectivity index (χ1n) is 10.0. The highest BCUT2D eigenvalue weighted by Crippen LogP contribution is 2.25. The first kappa shape index (κ1) is 25.0. The van der Waals surface area contributed by atoms with Gasteiger partial charge < -0.3 is 25.0 Å². The molecule has 1 aliphatic heterocycles. The third-order valence-corrected chi connectivity index (χ3v) is 4.96. The Bertz CT molecular complexity index is 575. The molecule has 28 heavy (non-hydrogen) atoms. The van der Waals surface area contributed by atoms with E-state index in [0.29, 0.717) is 18.6 Å². The van der Waals surface area contributed by atoms with Gasteiger partial charge in [-0.25, -0.2) is 0 Å². The quantitative estimate of drug-likeness (QED) is 0.234. The molecule has 7 heteroatoms. The molecular formula is C21H37IN4O2. The van der Waals surface area contributed by atoms with Crippen molar-refractivity contribution >= 4 is 29.9 Å². The van der Waals surface area contributed by atoms with Crippen LogP contribution in [0.2, 0.25) is 0 Å². The topological polar surface area (TPSA) is 58.1 Å². The van der Waals surface area contributed by atoms with Crippen molar-refractivity contribution in [3.63, 3.8) is 0 Å². The maximum Gasteiger partial charge on any atom is 0.191 e. The molecule has 0 unspecified atom stereocenters. The van der Waals surface area contributed by atoms with Crippen LogP contribution in [0.3, 0.4) is 0 Å². The normalized spacial score (nSPS) is 16.0. The van der Waals surface area contributed by atoms with E-state index in [1.54, 1.807) is 7.11 Å². The summed E-state index contributed by atoms with van der Waals surface area (Å²) < 4.78 is 11.1. The van der Waals surface area contributed by atoms with Crippen LogP contribution >= 0.6 is 24.0 Å². The zero-order valence-corrected chi connectivity index (χ0v) is 20.1. The zero-order valence-electron chi connectivity index (χ0n) is 17.7. The number of piperidine rings is 1. The molecule has 0 saturated carbocycles. The number of halogens is 1. The number of hydrogen-bond donors (Lipinski definition) is 2. The van der Waals surface area contributed by atoms with E-state index in [-0.39, 0.29) is 24.0 Å². The highest BCUT2D eigenvalue weighted by Gasteiger charge is 2.19. The molecule has 0 spiro atoms. The number of aliphatic imine (C=N–C) groups is 1. The summed E-state index contributed by atoms with van der Waals surface area (Å²) in [5.41, 5.74) is 1.25. The molecule has 6 nitrogen and oxygen atoms in total. The third kappa shape index (κ3) is 8.53. The van der Waals surface area contributed by atoms with Gasteiger partial charge in [-0.3, -0.25) is 4.99 Å². The predicted molar refractivity (Wildman–Crippen MR) is 127 cm³/mol. The fourth-order valence-electron chi connectivity index (χ4n) is 3.33. The summed E-state index contributed by atoms with van der Waals surface area (Å²) in [6, 6.07) is 8.73. The summed E-state index contributed by atoms with van der Waals surface area (Å²) in [5, 5.41) is 6.90. The largest absolute Gasteiger partial charge is 0.491 e. The highest BCUT2D eigenvalue weighted by atomic mass is 127. The van der Waals surface area contributed by atoms with Gasteiger partial charge in [0.25, 0.3) is 0 Å². The Labute approximate surface area is 187 Å². The van der Waals surface area contributed by atoms with E-state index in [1.165, 1.54) is 5.56 Å². The number of nitrogens with zero attached hydrogens (tertiary/aromatic N) is 2. The molecule has 0 atom stereocenters. The lowest BCUT2D eigenvalue weighted by Crippen LogP contribution is -2.49. The van der Waals surface area contributed by atoms with Crippen molar-refractivity contribution in [3.8, 4) is 5.75 Å². The number of hydrogen-bond acceptors (Lipinski definition) is 4. The molecule has 2 N–H and O–H groups in total. The van der Waals surface area contributed by atoms with Gasteiger partial charge in [-0.1, -0.05) is 32.0 Å². The number of para-hydroxylation sites is 1. The molecule has 2 rings (SSSR count). The summed E-state index contributed by atoms with van der Waals surface area (Å²) in [6.45, 7) is 9.74. The van der Waals surface area contributed by atoms with Crippen molar-refractivity contribution in [2.24, 2.45) is 4.99 Å². The van der Waals surface area contributed by atoms with Crippen LogP contribution in [0.15, 0.2) is 29.3 Å². The maximum absolute atomic E-state index is 5.97. The van der Waals surface area contributed by atoms with Gasteiger partial charge in [-0.05, 0) is 30.4 Å². The lowest BCUT2D eigenvalue weighted by atomic mass is 10.0. The summed E-state index contributed by atoms with van der Waals surface area (Å²) >= 11 is 0. The van der Waals surface area contributed by atoms with Crippen molar-refractivity contribution in [1.82, 2.24) is 15.5 Å². The van der Waals surface area contributed by atoms with Crippen molar-refractivity contribution in [3.05, 3.63) is 29.8 Å². The van der Waals surface area contributed by atoms with Crippen molar-refractivity contribution in [2.45, 2.75) is 38.6 Å². The van der Waals surface area contributed by atoms with E-state index in [0.717, 1.165) is 57.3 Å². The van der Waals surface area contributed by atoms with Crippen molar-refractivity contribution in [1.29, 1.82) is 0 Å². The van der Waals surface area contributed by atoms with E-state index < -0.39 is 0 Å². The standard InChI is InChI=1S/C21H36N4O2.HI/c1-17(2)19-7-5-6-8-20(19)27-15-11-23-21(22-3)24-18-9-12-25(13-10-18)14-16-26-4;/h5-8,17-18H,9-16H2,1-4H3,(H2,22,23,24);1H. The number of rotatable bonds is 9. The molecule has 160 valence electrons. The van der Waals surface area contributed by atoms with Crippen LogP contribution in [0.5, 0.6) is 5.75 Å². The van der Waals surface area contributed by atoms with Crippen LogP contribution in [0.4, 0.5) is 0 Å². The second kappa shape index (κ2) is 14.0. The third-order valence-electron chi connectivity index (χ3n) is 4.96. The number of guanidine groups is 1. The molecule has 1 aromatic rings. The minimum atomic E-state index is 0. The lowest BCUT2D eigenvalue weighted by molar-refractivity contribution is 0.128. The van der Waals surface area contributed by atoms with Gasteiger partial charge in [0.1, 0.15) is 12.4 Å².